The molecule has 1 amide bonds. The van der Waals surface area contributed by atoms with E-state index in [1.54, 1.807) is 6.07 Å². The summed E-state index contributed by atoms with van der Waals surface area (Å²) >= 11 is 6.09. The number of carbonyl (C=O) groups is 1. The van der Waals surface area contributed by atoms with E-state index in [-0.39, 0.29) is 18.3 Å². The quantitative estimate of drug-likeness (QED) is 0.929. The minimum atomic E-state index is 0. The molecule has 0 bridgehead atoms. The number of amides is 1. The highest BCUT2D eigenvalue weighted by atomic mass is 35.5. The van der Waals surface area contributed by atoms with Gasteiger partial charge in [0.25, 0.3) is 5.91 Å². The second kappa shape index (κ2) is 7.87. The number of carbonyl (C=O) groups excluding carboxylic acids is 1. The highest BCUT2D eigenvalue weighted by Crippen LogP contribution is 2.21. The van der Waals surface area contributed by atoms with Crippen molar-refractivity contribution in [3.63, 3.8) is 0 Å². The van der Waals surface area contributed by atoms with Gasteiger partial charge < -0.3 is 10.2 Å². The first-order valence-electron chi connectivity index (χ1n) is 6.82. The fourth-order valence-corrected chi connectivity index (χ4v) is 2.79. The molecule has 0 spiro atoms. The average Bonchev–Trinajstić information content (AvgIpc) is 2.42. The van der Waals surface area contributed by atoms with Crippen molar-refractivity contribution >= 4 is 29.9 Å². The fraction of sp³-hybridized carbons (Fsp3) is 0.533. The van der Waals surface area contributed by atoms with Crippen LogP contribution in [-0.2, 0) is 0 Å². The summed E-state index contributed by atoms with van der Waals surface area (Å²) in [5, 5.41) is 3.86. The lowest BCUT2D eigenvalue weighted by atomic mass is 9.97. The Morgan fingerprint density at radius 3 is 2.90 bits per heavy atom. The van der Waals surface area contributed by atoms with Crippen molar-refractivity contribution in [3.05, 3.63) is 34.3 Å². The summed E-state index contributed by atoms with van der Waals surface area (Å²) in [7, 11) is 1.96. The number of benzene rings is 1. The van der Waals surface area contributed by atoms with Crippen LogP contribution in [0.1, 0.15) is 28.8 Å². The van der Waals surface area contributed by atoms with Crippen LogP contribution in [0.25, 0.3) is 0 Å². The number of halogens is 2. The van der Waals surface area contributed by atoms with Gasteiger partial charge in [-0.25, -0.2) is 0 Å². The van der Waals surface area contributed by atoms with Crippen molar-refractivity contribution in [1.82, 2.24) is 10.2 Å². The van der Waals surface area contributed by atoms with Crippen LogP contribution in [0.5, 0.6) is 0 Å². The summed E-state index contributed by atoms with van der Waals surface area (Å²) in [5.74, 6) is 0.659. The first kappa shape index (κ1) is 17.3. The molecule has 1 N–H and O–H groups in total. The van der Waals surface area contributed by atoms with Crippen molar-refractivity contribution in [2.45, 2.75) is 19.8 Å². The predicted octanol–water partition coefficient (Wildman–Crippen LogP) is 3.14. The lowest BCUT2D eigenvalue weighted by Gasteiger charge is -2.32. The largest absolute Gasteiger partial charge is 0.338 e. The van der Waals surface area contributed by atoms with E-state index in [4.69, 9.17) is 11.6 Å². The van der Waals surface area contributed by atoms with Gasteiger partial charge in [0.2, 0.25) is 0 Å². The molecule has 1 atom stereocenters. The maximum Gasteiger partial charge on any atom is 0.253 e. The molecule has 20 heavy (non-hydrogen) atoms. The van der Waals surface area contributed by atoms with E-state index in [9.17, 15) is 4.79 Å². The molecule has 0 saturated carbocycles. The van der Waals surface area contributed by atoms with Crippen LogP contribution in [0.4, 0.5) is 0 Å². The molecule has 0 aliphatic carbocycles. The third-order valence-electron chi connectivity index (χ3n) is 3.72. The summed E-state index contributed by atoms with van der Waals surface area (Å²) in [6, 6.07) is 5.55. The zero-order chi connectivity index (χ0) is 13.8. The first-order valence-corrected chi connectivity index (χ1v) is 7.19. The van der Waals surface area contributed by atoms with Gasteiger partial charge in [-0.05, 0) is 57.0 Å². The van der Waals surface area contributed by atoms with Crippen molar-refractivity contribution in [1.29, 1.82) is 0 Å². The molecule has 112 valence electrons. The number of nitrogens with zero attached hydrogens (tertiary/aromatic N) is 1. The Labute approximate surface area is 132 Å². The van der Waals surface area contributed by atoms with Gasteiger partial charge in [0, 0.05) is 23.7 Å². The van der Waals surface area contributed by atoms with Crippen LogP contribution in [0.3, 0.4) is 0 Å². The maximum atomic E-state index is 12.5. The number of hydrogen-bond donors (Lipinski definition) is 1. The van der Waals surface area contributed by atoms with E-state index >= 15 is 0 Å². The number of nitrogens with one attached hydrogen (secondary N) is 1. The molecule has 3 nitrogen and oxygen atoms in total. The Morgan fingerprint density at radius 1 is 1.50 bits per heavy atom. The molecule has 1 unspecified atom stereocenters. The Morgan fingerprint density at radius 2 is 2.25 bits per heavy atom. The lowest BCUT2D eigenvalue weighted by Crippen LogP contribution is -2.42. The molecule has 1 aromatic carbocycles. The predicted molar refractivity (Wildman–Crippen MR) is 86.0 cm³/mol. The Bertz CT molecular complexity index is 463. The second-order valence-electron chi connectivity index (χ2n) is 5.28. The molecule has 2 rings (SSSR count). The van der Waals surface area contributed by atoms with E-state index in [2.05, 4.69) is 5.32 Å². The van der Waals surface area contributed by atoms with Gasteiger partial charge in [0.15, 0.2) is 0 Å². The summed E-state index contributed by atoms with van der Waals surface area (Å²) in [5.41, 5.74) is 1.70. The van der Waals surface area contributed by atoms with Gasteiger partial charge in [-0.1, -0.05) is 17.7 Å². The van der Waals surface area contributed by atoms with Crippen LogP contribution < -0.4 is 5.32 Å². The summed E-state index contributed by atoms with van der Waals surface area (Å²) in [4.78, 5) is 14.4. The summed E-state index contributed by atoms with van der Waals surface area (Å²) in [6.07, 6.45) is 2.27. The Hall–Kier alpha value is -0.770. The van der Waals surface area contributed by atoms with Crippen molar-refractivity contribution in [2.24, 2.45) is 5.92 Å². The molecule has 1 saturated heterocycles. The van der Waals surface area contributed by atoms with Crippen LogP contribution in [0, 0.1) is 12.8 Å². The number of aryl methyl sites for hydroxylation is 1. The van der Waals surface area contributed by atoms with E-state index in [1.165, 1.54) is 6.42 Å². The van der Waals surface area contributed by atoms with Crippen LogP contribution >= 0.6 is 24.0 Å². The maximum absolute atomic E-state index is 12.5. The molecular weight excluding hydrogens is 295 g/mol. The smallest absolute Gasteiger partial charge is 0.253 e. The van der Waals surface area contributed by atoms with Crippen LogP contribution in [-0.4, -0.2) is 37.5 Å². The molecule has 0 aromatic heterocycles. The molecule has 5 heteroatoms. The van der Waals surface area contributed by atoms with Crippen molar-refractivity contribution in [3.8, 4) is 0 Å². The lowest BCUT2D eigenvalue weighted by molar-refractivity contribution is 0.0674. The van der Waals surface area contributed by atoms with Crippen LogP contribution in [0.2, 0.25) is 5.02 Å². The van der Waals surface area contributed by atoms with E-state index in [0.717, 1.165) is 31.6 Å². The van der Waals surface area contributed by atoms with Gasteiger partial charge >= 0.3 is 0 Å². The molecule has 0 radical (unpaired) electrons. The molecule has 1 heterocycles. The second-order valence-corrected chi connectivity index (χ2v) is 5.69. The van der Waals surface area contributed by atoms with E-state index in [0.29, 0.717) is 16.5 Å². The summed E-state index contributed by atoms with van der Waals surface area (Å²) in [6.45, 7) is 4.61. The Kier molecular flexibility index (Phi) is 6.80. The molecule has 1 aliphatic heterocycles. The van der Waals surface area contributed by atoms with E-state index in [1.807, 2.05) is 31.0 Å². The normalized spacial score (nSPS) is 18.6. The molecule has 1 aromatic rings. The minimum absolute atomic E-state index is 0. The minimum Gasteiger partial charge on any atom is -0.338 e. The SMILES string of the molecule is CNCC1CCCN(C(=O)c2ccc(C)c(Cl)c2)C1.Cl. The number of piperidine rings is 1. The number of hydrogen-bond acceptors (Lipinski definition) is 2. The van der Waals surface area contributed by atoms with Crippen LogP contribution in [0.15, 0.2) is 18.2 Å². The third-order valence-corrected chi connectivity index (χ3v) is 4.12. The topological polar surface area (TPSA) is 32.3 Å². The summed E-state index contributed by atoms with van der Waals surface area (Å²) < 4.78 is 0. The van der Waals surface area contributed by atoms with Gasteiger partial charge in [-0.15, -0.1) is 12.4 Å². The highest BCUT2D eigenvalue weighted by Gasteiger charge is 2.24. The molecule has 1 fully saturated rings. The zero-order valence-electron chi connectivity index (χ0n) is 12.0. The van der Waals surface area contributed by atoms with Gasteiger partial charge in [-0.3, -0.25) is 4.79 Å². The number of likely N-dealkylation sites (tertiary alicyclic amines) is 1. The number of rotatable bonds is 3. The van der Waals surface area contributed by atoms with Gasteiger partial charge in [0.05, 0.1) is 0 Å². The Balaban J connectivity index is 0.00000200. The highest BCUT2D eigenvalue weighted by molar-refractivity contribution is 6.31. The third kappa shape index (κ3) is 4.11. The fourth-order valence-electron chi connectivity index (χ4n) is 2.61. The standard InChI is InChI=1S/C15H21ClN2O.ClH/c1-11-5-6-13(8-14(11)16)15(19)18-7-3-4-12(10-18)9-17-2;/h5-6,8,12,17H,3-4,7,9-10H2,1-2H3;1H. The molecular formula is C15H22Cl2N2O. The van der Waals surface area contributed by atoms with Crippen molar-refractivity contribution < 1.29 is 4.79 Å². The molecule has 1 aliphatic rings. The monoisotopic (exact) mass is 316 g/mol. The average molecular weight is 317 g/mol. The van der Waals surface area contributed by atoms with Crippen molar-refractivity contribution in [2.75, 3.05) is 26.7 Å². The zero-order valence-corrected chi connectivity index (χ0v) is 13.6. The van der Waals surface area contributed by atoms with Gasteiger partial charge in [0.1, 0.15) is 0 Å². The van der Waals surface area contributed by atoms with Gasteiger partial charge in [-0.2, -0.15) is 0 Å². The first-order chi connectivity index (χ1) is 9.11. The van der Waals surface area contributed by atoms with E-state index < -0.39 is 0 Å².